The maximum atomic E-state index is 12.3. The van der Waals surface area contributed by atoms with E-state index < -0.39 is 15.0 Å². The van der Waals surface area contributed by atoms with Crippen LogP contribution in [0.15, 0.2) is 79.1 Å². The topological polar surface area (TPSA) is 90.4 Å². The van der Waals surface area contributed by atoms with Gasteiger partial charge in [0.1, 0.15) is 11.5 Å². The standard InChI is InChI=1S/C18H15N2O5S.BrH/c21-20(22)16-7-9-18(10-8-16)25-26(23,24)14-15-5-4-6-17(13-15)19-11-2-1-3-12-19;/h1-13H,14H2;1H/q+1;/p-1. The summed E-state index contributed by atoms with van der Waals surface area (Å²) in [6.07, 6.45) is 3.72. The summed E-state index contributed by atoms with van der Waals surface area (Å²) in [5.74, 6) is -0.283. The molecule has 2 aromatic carbocycles. The van der Waals surface area contributed by atoms with Gasteiger partial charge in [-0.05, 0) is 17.7 Å². The Balaban J connectivity index is 0.00000261. The highest BCUT2D eigenvalue weighted by Crippen LogP contribution is 2.20. The number of non-ortho nitro benzene ring substituents is 1. The van der Waals surface area contributed by atoms with Gasteiger partial charge in [0.25, 0.3) is 5.69 Å². The molecule has 3 rings (SSSR count). The molecule has 0 N–H and O–H groups in total. The minimum absolute atomic E-state index is 0. The van der Waals surface area contributed by atoms with Gasteiger partial charge in [-0.1, -0.05) is 18.2 Å². The first-order valence-electron chi connectivity index (χ1n) is 7.65. The van der Waals surface area contributed by atoms with Crippen molar-refractivity contribution in [2.45, 2.75) is 5.75 Å². The number of benzene rings is 2. The third kappa shape index (κ3) is 5.60. The number of nitro groups is 1. The molecule has 3 aromatic rings. The molecule has 0 radical (unpaired) electrons. The Bertz CT molecular complexity index is 1030. The van der Waals surface area contributed by atoms with E-state index in [1.165, 1.54) is 24.3 Å². The first-order chi connectivity index (χ1) is 12.4. The van der Waals surface area contributed by atoms with Gasteiger partial charge in [0.15, 0.2) is 12.4 Å². The van der Waals surface area contributed by atoms with Crippen molar-refractivity contribution in [3.63, 3.8) is 0 Å². The molecule has 0 fully saturated rings. The summed E-state index contributed by atoms with van der Waals surface area (Å²) in [5, 5.41) is 10.6. The lowest BCUT2D eigenvalue weighted by Gasteiger charge is -2.07. The molecule has 140 valence electrons. The Morgan fingerprint density at radius 3 is 2.26 bits per heavy atom. The van der Waals surface area contributed by atoms with Crippen molar-refractivity contribution in [2.75, 3.05) is 0 Å². The zero-order valence-electron chi connectivity index (χ0n) is 13.9. The summed E-state index contributed by atoms with van der Waals surface area (Å²) < 4.78 is 31.4. The van der Waals surface area contributed by atoms with E-state index >= 15 is 0 Å². The monoisotopic (exact) mass is 450 g/mol. The van der Waals surface area contributed by atoms with Crippen LogP contribution in [-0.2, 0) is 15.9 Å². The molecule has 0 atom stereocenters. The first-order valence-corrected chi connectivity index (χ1v) is 9.23. The molecule has 0 aliphatic carbocycles. The van der Waals surface area contributed by atoms with E-state index in [0.29, 0.717) is 5.56 Å². The lowest BCUT2D eigenvalue weighted by Crippen LogP contribution is -3.00. The third-order valence-electron chi connectivity index (χ3n) is 3.54. The summed E-state index contributed by atoms with van der Waals surface area (Å²) >= 11 is 0. The van der Waals surface area contributed by atoms with Crippen LogP contribution in [0, 0.1) is 10.1 Å². The van der Waals surface area contributed by atoms with E-state index in [1.807, 2.05) is 41.2 Å². The summed E-state index contributed by atoms with van der Waals surface area (Å²) in [6.45, 7) is 0. The molecule has 0 saturated carbocycles. The van der Waals surface area contributed by atoms with Gasteiger partial charge in [0.2, 0.25) is 5.69 Å². The molecular weight excluding hydrogens is 436 g/mol. The quantitative estimate of drug-likeness (QED) is 0.224. The number of hydrogen-bond donors (Lipinski definition) is 0. The maximum Gasteiger partial charge on any atom is 0.313 e. The fraction of sp³-hybridized carbons (Fsp3) is 0.0556. The Kier molecular flexibility index (Phi) is 6.65. The van der Waals surface area contributed by atoms with E-state index in [1.54, 1.807) is 18.2 Å². The zero-order valence-corrected chi connectivity index (χ0v) is 16.3. The number of nitro benzene ring substituents is 1. The number of pyridine rings is 1. The minimum Gasteiger partial charge on any atom is -1.00 e. The van der Waals surface area contributed by atoms with Crippen molar-refractivity contribution in [2.24, 2.45) is 0 Å². The SMILES string of the molecule is O=[N+]([O-])c1ccc(OS(=O)(=O)Cc2cccc(-[n+]3ccccc3)c2)cc1.[Br-]. The Hall–Kier alpha value is -2.78. The maximum absolute atomic E-state index is 12.3. The molecule has 0 aliphatic heterocycles. The van der Waals surface area contributed by atoms with Crippen molar-refractivity contribution in [1.29, 1.82) is 0 Å². The number of rotatable bonds is 6. The second-order valence-electron chi connectivity index (χ2n) is 5.49. The van der Waals surface area contributed by atoms with Gasteiger partial charge < -0.3 is 21.2 Å². The van der Waals surface area contributed by atoms with Gasteiger partial charge in [-0.2, -0.15) is 13.0 Å². The Morgan fingerprint density at radius 1 is 0.963 bits per heavy atom. The van der Waals surface area contributed by atoms with Gasteiger partial charge >= 0.3 is 10.1 Å². The molecular formula is C18H15BrN2O5S. The van der Waals surface area contributed by atoms with Gasteiger partial charge in [-0.25, -0.2) is 0 Å². The predicted molar refractivity (Wildman–Crippen MR) is 94.3 cm³/mol. The number of halogens is 1. The predicted octanol–water partition coefficient (Wildman–Crippen LogP) is -0.216. The van der Waals surface area contributed by atoms with Crippen LogP contribution in [0.5, 0.6) is 5.75 Å². The molecule has 1 aromatic heterocycles. The first kappa shape index (κ1) is 20.5. The van der Waals surface area contributed by atoms with Crippen molar-refractivity contribution < 1.29 is 39.1 Å². The molecule has 0 aliphatic rings. The normalized spacial score (nSPS) is 10.7. The average Bonchev–Trinajstić information content (AvgIpc) is 2.62. The van der Waals surface area contributed by atoms with E-state index in [9.17, 15) is 18.5 Å². The van der Waals surface area contributed by atoms with E-state index in [0.717, 1.165) is 5.69 Å². The minimum atomic E-state index is -3.90. The van der Waals surface area contributed by atoms with Gasteiger partial charge in [-0.15, -0.1) is 0 Å². The fourth-order valence-corrected chi connectivity index (χ4v) is 3.43. The van der Waals surface area contributed by atoms with Crippen molar-refractivity contribution in [1.82, 2.24) is 0 Å². The highest BCUT2D eigenvalue weighted by Gasteiger charge is 2.17. The van der Waals surface area contributed by atoms with Gasteiger partial charge in [0, 0.05) is 36.4 Å². The third-order valence-corrected chi connectivity index (χ3v) is 4.67. The summed E-state index contributed by atoms with van der Waals surface area (Å²) in [4.78, 5) is 10.1. The second-order valence-corrected chi connectivity index (χ2v) is 7.06. The van der Waals surface area contributed by atoms with Gasteiger partial charge in [-0.3, -0.25) is 10.1 Å². The van der Waals surface area contributed by atoms with Crippen LogP contribution in [0.25, 0.3) is 5.69 Å². The van der Waals surface area contributed by atoms with Crippen LogP contribution in [0.4, 0.5) is 5.69 Å². The van der Waals surface area contributed by atoms with E-state index in [2.05, 4.69) is 0 Å². The van der Waals surface area contributed by atoms with Gasteiger partial charge in [0.05, 0.1) is 4.92 Å². The van der Waals surface area contributed by atoms with E-state index in [4.69, 9.17) is 4.18 Å². The molecule has 0 saturated heterocycles. The second kappa shape index (κ2) is 8.74. The van der Waals surface area contributed by atoms with Crippen LogP contribution < -0.4 is 25.7 Å². The lowest BCUT2D eigenvalue weighted by atomic mass is 10.2. The molecule has 7 nitrogen and oxygen atoms in total. The molecule has 9 heteroatoms. The Labute approximate surface area is 166 Å². The van der Waals surface area contributed by atoms with Crippen LogP contribution >= 0.6 is 0 Å². The molecule has 27 heavy (non-hydrogen) atoms. The highest BCUT2D eigenvalue weighted by atomic mass is 79.9. The summed E-state index contributed by atoms with van der Waals surface area (Å²) in [7, 11) is -3.90. The fourth-order valence-electron chi connectivity index (χ4n) is 2.38. The van der Waals surface area contributed by atoms with Crippen LogP contribution in [-0.4, -0.2) is 13.3 Å². The lowest BCUT2D eigenvalue weighted by molar-refractivity contribution is -0.595. The number of nitrogens with zero attached hydrogens (tertiary/aromatic N) is 2. The molecule has 0 spiro atoms. The highest BCUT2D eigenvalue weighted by molar-refractivity contribution is 7.86. The summed E-state index contributed by atoms with van der Waals surface area (Å²) in [5.41, 5.74) is 1.26. The molecule has 0 bridgehead atoms. The van der Waals surface area contributed by atoms with Crippen LogP contribution in [0.2, 0.25) is 0 Å². The smallest absolute Gasteiger partial charge is 0.313 e. The van der Waals surface area contributed by atoms with Crippen molar-refractivity contribution in [3.05, 3.63) is 94.8 Å². The number of aromatic nitrogens is 1. The van der Waals surface area contributed by atoms with Crippen molar-refractivity contribution in [3.8, 4) is 11.4 Å². The largest absolute Gasteiger partial charge is 1.00 e. The van der Waals surface area contributed by atoms with Crippen LogP contribution in [0.1, 0.15) is 5.56 Å². The molecule has 1 heterocycles. The molecule has 0 unspecified atom stereocenters. The summed E-state index contributed by atoms with van der Waals surface area (Å²) in [6, 6.07) is 17.6. The van der Waals surface area contributed by atoms with E-state index in [-0.39, 0.29) is 34.2 Å². The molecule has 0 amide bonds. The average molecular weight is 451 g/mol. The van der Waals surface area contributed by atoms with Crippen molar-refractivity contribution >= 4 is 15.8 Å². The number of hydrogen-bond acceptors (Lipinski definition) is 5. The zero-order chi connectivity index (χ0) is 18.6. The Morgan fingerprint density at radius 2 is 1.63 bits per heavy atom. The van der Waals surface area contributed by atoms with Crippen LogP contribution in [0.3, 0.4) is 0 Å².